The fourth-order valence-electron chi connectivity index (χ4n) is 6.32. The summed E-state index contributed by atoms with van der Waals surface area (Å²) in [5.74, 6) is 0. The number of hydrogen-bond donors (Lipinski definition) is 0. The van der Waals surface area contributed by atoms with E-state index in [0.717, 1.165) is 33.5 Å². The molecular formula is C38H32N2. The van der Waals surface area contributed by atoms with Gasteiger partial charge in [-0.3, -0.25) is 0 Å². The number of hydrogen-bond acceptors (Lipinski definition) is 2. The van der Waals surface area contributed by atoms with Gasteiger partial charge in [0.25, 0.3) is 0 Å². The van der Waals surface area contributed by atoms with Crippen LogP contribution in [0.3, 0.4) is 0 Å². The summed E-state index contributed by atoms with van der Waals surface area (Å²) in [7, 11) is 0. The third-order valence-electron chi connectivity index (χ3n) is 9.24. The highest BCUT2D eigenvalue weighted by molar-refractivity contribution is 5.93. The Morgan fingerprint density at radius 1 is 0.425 bits per heavy atom. The molecule has 0 saturated carbocycles. The van der Waals surface area contributed by atoms with Crippen LogP contribution in [0.2, 0.25) is 0 Å². The van der Waals surface area contributed by atoms with Gasteiger partial charge in [0.2, 0.25) is 0 Å². The van der Waals surface area contributed by atoms with E-state index in [1.807, 2.05) is 24.3 Å². The number of benzene rings is 5. The summed E-state index contributed by atoms with van der Waals surface area (Å²) in [6.07, 6.45) is 0. The first-order chi connectivity index (χ1) is 19.4. The summed E-state index contributed by atoms with van der Waals surface area (Å²) in [6, 6.07) is 43.1. The van der Waals surface area contributed by atoms with Crippen LogP contribution in [0.5, 0.6) is 0 Å². The summed E-state index contributed by atoms with van der Waals surface area (Å²) in [4.78, 5) is 10.3. The number of fused-ring (bicyclic) bond motifs is 4. The Morgan fingerprint density at radius 2 is 0.975 bits per heavy atom. The minimum Gasteiger partial charge on any atom is -0.244 e. The van der Waals surface area contributed by atoms with Crippen LogP contribution >= 0.6 is 0 Å². The maximum Gasteiger partial charge on any atom is 0.0973 e. The van der Waals surface area contributed by atoms with Gasteiger partial charge in [-0.2, -0.15) is 0 Å². The van der Waals surface area contributed by atoms with E-state index in [0.29, 0.717) is 0 Å². The van der Waals surface area contributed by atoms with E-state index >= 15 is 0 Å². The Balaban J connectivity index is 1.51. The standard InChI is InChI=1S/C38H32N2/c1-37(2)30-19-13-18-28(25-14-7-5-8-15-25)34(30)29-23-22-27(24-31(29)38(37,3)4)36-35(26-16-9-6-10-17-26)39-32-20-11-12-21-33(32)40-36/h5-24H,1-4H3. The molecule has 1 aliphatic rings. The van der Waals surface area contributed by atoms with Crippen molar-refractivity contribution in [2.75, 3.05) is 0 Å². The van der Waals surface area contributed by atoms with Gasteiger partial charge >= 0.3 is 0 Å². The van der Waals surface area contributed by atoms with Crippen molar-refractivity contribution in [2.45, 2.75) is 38.5 Å². The van der Waals surface area contributed by atoms with Crippen molar-refractivity contribution < 1.29 is 0 Å². The van der Waals surface area contributed by atoms with Gasteiger partial charge in [0.1, 0.15) is 0 Å². The van der Waals surface area contributed by atoms with Gasteiger partial charge in [0.15, 0.2) is 0 Å². The molecule has 2 nitrogen and oxygen atoms in total. The Morgan fingerprint density at radius 3 is 1.62 bits per heavy atom. The molecule has 6 aromatic rings. The van der Waals surface area contributed by atoms with Crippen molar-refractivity contribution in [3.8, 4) is 44.8 Å². The van der Waals surface area contributed by atoms with Gasteiger partial charge in [0, 0.05) is 11.1 Å². The molecule has 2 heteroatoms. The van der Waals surface area contributed by atoms with Crippen molar-refractivity contribution >= 4 is 11.0 Å². The average Bonchev–Trinajstić information content (AvgIpc) is 3.00. The van der Waals surface area contributed by atoms with Gasteiger partial charge < -0.3 is 0 Å². The average molecular weight is 517 g/mol. The molecule has 0 fully saturated rings. The van der Waals surface area contributed by atoms with E-state index in [2.05, 4.69) is 125 Å². The second kappa shape index (κ2) is 8.99. The lowest BCUT2D eigenvalue weighted by molar-refractivity contribution is 0.299. The fraction of sp³-hybridized carbons (Fsp3) is 0.158. The summed E-state index contributed by atoms with van der Waals surface area (Å²) in [6.45, 7) is 9.55. The zero-order valence-corrected chi connectivity index (χ0v) is 23.4. The molecule has 0 N–H and O–H groups in total. The van der Waals surface area contributed by atoms with E-state index in [-0.39, 0.29) is 10.8 Å². The lowest BCUT2D eigenvalue weighted by Crippen LogP contribution is -2.43. The molecule has 0 bridgehead atoms. The monoisotopic (exact) mass is 516 g/mol. The molecule has 0 saturated heterocycles. The summed E-state index contributed by atoms with van der Waals surface area (Å²) in [5, 5.41) is 0. The Labute approximate surface area is 236 Å². The first-order valence-corrected chi connectivity index (χ1v) is 14.0. The lowest BCUT2D eigenvalue weighted by atomic mass is 9.54. The largest absolute Gasteiger partial charge is 0.244 e. The molecule has 7 rings (SSSR count). The van der Waals surface area contributed by atoms with Crippen LogP contribution in [-0.2, 0) is 10.8 Å². The zero-order chi connectivity index (χ0) is 27.5. The SMILES string of the molecule is CC1(C)c2cc(-c3nc4ccccc4nc3-c3ccccc3)ccc2-c2c(-c3ccccc3)cccc2C1(C)C. The van der Waals surface area contributed by atoms with Crippen molar-refractivity contribution in [2.24, 2.45) is 0 Å². The molecule has 1 aromatic heterocycles. The molecular weight excluding hydrogens is 484 g/mol. The number of nitrogens with zero attached hydrogens (tertiary/aromatic N) is 2. The highest BCUT2D eigenvalue weighted by atomic mass is 14.8. The van der Waals surface area contributed by atoms with Crippen molar-refractivity contribution in [1.29, 1.82) is 0 Å². The normalized spacial score (nSPS) is 14.9. The molecule has 0 atom stereocenters. The van der Waals surface area contributed by atoms with Crippen molar-refractivity contribution in [3.63, 3.8) is 0 Å². The Bertz CT molecular complexity index is 1880. The second-order valence-corrected chi connectivity index (χ2v) is 11.9. The second-order valence-electron chi connectivity index (χ2n) is 11.9. The highest BCUT2D eigenvalue weighted by Gasteiger charge is 2.46. The van der Waals surface area contributed by atoms with Crippen LogP contribution in [-0.4, -0.2) is 9.97 Å². The number of aromatic nitrogens is 2. The molecule has 1 heterocycles. The Hall–Kier alpha value is -4.56. The van der Waals surface area contributed by atoms with E-state index in [4.69, 9.17) is 9.97 Å². The minimum absolute atomic E-state index is 0.0872. The van der Waals surface area contributed by atoms with E-state index in [1.54, 1.807) is 0 Å². The van der Waals surface area contributed by atoms with Crippen LogP contribution in [0.15, 0.2) is 121 Å². The maximum absolute atomic E-state index is 5.20. The molecule has 0 radical (unpaired) electrons. The first-order valence-electron chi connectivity index (χ1n) is 14.0. The minimum atomic E-state index is -0.113. The number of rotatable bonds is 3. The van der Waals surface area contributed by atoms with Crippen molar-refractivity contribution in [3.05, 3.63) is 132 Å². The van der Waals surface area contributed by atoms with Gasteiger partial charge in [-0.05, 0) is 62.4 Å². The van der Waals surface area contributed by atoms with Crippen molar-refractivity contribution in [1.82, 2.24) is 9.97 Å². The summed E-state index contributed by atoms with van der Waals surface area (Å²) in [5.41, 5.74) is 13.5. The Kier molecular flexibility index (Phi) is 5.50. The first kappa shape index (κ1) is 24.5. The fourth-order valence-corrected chi connectivity index (χ4v) is 6.32. The van der Waals surface area contributed by atoms with Gasteiger partial charge in [-0.1, -0.05) is 131 Å². The predicted molar refractivity (Wildman–Crippen MR) is 167 cm³/mol. The molecule has 1 aliphatic carbocycles. The zero-order valence-electron chi connectivity index (χ0n) is 23.4. The molecule has 5 aromatic carbocycles. The molecule has 0 aliphatic heterocycles. The third kappa shape index (κ3) is 3.63. The molecule has 0 unspecified atom stereocenters. The van der Waals surface area contributed by atoms with E-state index in [9.17, 15) is 0 Å². The van der Waals surface area contributed by atoms with Crippen LogP contribution in [0.4, 0.5) is 0 Å². The topological polar surface area (TPSA) is 25.8 Å². The van der Waals surface area contributed by atoms with Gasteiger partial charge in [0.05, 0.1) is 22.4 Å². The van der Waals surface area contributed by atoms with E-state index in [1.165, 1.54) is 33.4 Å². The quantitative estimate of drug-likeness (QED) is 0.234. The van der Waals surface area contributed by atoms with Gasteiger partial charge in [-0.15, -0.1) is 0 Å². The van der Waals surface area contributed by atoms with Gasteiger partial charge in [-0.25, -0.2) is 9.97 Å². The maximum atomic E-state index is 5.20. The smallest absolute Gasteiger partial charge is 0.0973 e. The molecule has 0 spiro atoms. The van der Waals surface area contributed by atoms with E-state index < -0.39 is 0 Å². The van der Waals surface area contributed by atoms with Crippen LogP contribution in [0.25, 0.3) is 55.8 Å². The van der Waals surface area contributed by atoms with Crippen LogP contribution in [0.1, 0.15) is 38.8 Å². The molecule has 0 amide bonds. The van der Waals surface area contributed by atoms with Crippen LogP contribution < -0.4 is 0 Å². The molecule has 40 heavy (non-hydrogen) atoms. The third-order valence-corrected chi connectivity index (χ3v) is 9.24. The summed E-state index contributed by atoms with van der Waals surface area (Å²) >= 11 is 0. The predicted octanol–water partition coefficient (Wildman–Crippen LogP) is 9.87. The van der Waals surface area contributed by atoms with Crippen LogP contribution in [0, 0.1) is 0 Å². The highest BCUT2D eigenvalue weighted by Crippen LogP contribution is 2.56. The summed E-state index contributed by atoms with van der Waals surface area (Å²) < 4.78 is 0. The number of para-hydroxylation sites is 2. The molecule has 194 valence electrons. The lowest BCUT2D eigenvalue weighted by Gasteiger charge is -2.49.